The Hall–Kier alpha value is -2.50. The van der Waals surface area contributed by atoms with Gasteiger partial charge in [0.25, 0.3) is 0 Å². The van der Waals surface area contributed by atoms with Gasteiger partial charge in [-0.2, -0.15) is 0 Å². The number of hydrogen-bond acceptors (Lipinski definition) is 3. The molecule has 0 aliphatic carbocycles. The van der Waals surface area contributed by atoms with Crippen LogP contribution in [-0.4, -0.2) is 58.1 Å². The Morgan fingerprint density at radius 3 is 2.52 bits per heavy atom. The average molecular weight is 398 g/mol. The van der Waals surface area contributed by atoms with Gasteiger partial charge in [0, 0.05) is 36.7 Å². The lowest BCUT2D eigenvalue weighted by molar-refractivity contribution is -0.137. The largest absolute Gasteiger partial charge is 0.444 e. The minimum atomic E-state index is -0.551. The standard InChI is InChI=1S/C23H31N3O3/c1-23(2,3)29-22(28)26-12-6-9-20(26)21(27)25-13-10-16(11-14-25)18-15-24-19-8-5-4-7-17(18)19/h4-5,7-8,15-16,20,24H,6,9-14H2,1-3H3/t20-/m0/s1. The number of benzene rings is 1. The number of likely N-dealkylation sites (tertiary alicyclic amines) is 2. The molecule has 2 amide bonds. The van der Waals surface area contributed by atoms with Gasteiger partial charge in [0.05, 0.1) is 0 Å². The van der Waals surface area contributed by atoms with Gasteiger partial charge in [-0.3, -0.25) is 9.69 Å². The molecule has 2 aliphatic rings. The number of fused-ring (bicyclic) bond motifs is 1. The zero-order valence-electron chi connectivity index (χ0n) is 17.6. The Bertz CT molecular complexity index is 890. The number of hydrogen-bond donors (Lipinski definition) is 1. The number of carbonyl (C=O) groups is 2. The maximum Gasteiger partial charge on any atom is 0.410 e. The number of H-pyrrole nitrogens is 1. The van der Waals surface area contributed by atoms with E-state index in [1.807, 2.05) is 31.7 Å². The highest BCUT2D eigenvalue weighted by molar-refractivity contribution is 5.87. The summed E-state index contributed by atoms with van der Waals surface area (Å²) in [6, 6.07) is 8.00. The number of para-hydroxylation sites is 1. The second-order valence-corrected chi connectivity index (χ2v) is 9.22. The molecule has 4 rings (SSSR count). The van der Waals surface area contributed by atoms with Gasteiger partial charge in [0.2, 0.25) is 5.91 Å². The monoisotopic (exact) mass is 397 g/mol. The van der Waals surface area contributed by atoms with E-state index in [-0.39, 0.29) is 18.0 Å². The first kappa shape index (κ1) is 19.8. The highest BCUT2D eigenvalue weighted by atomic mass is 16.6. The fourth-order valence-electron chi connectivity index (χ4n) is 4.62. The van der Waals surface area contributed by atoms with Crippen molar-refractivity contribution in [2.24, 2.45) is 0 Å². The predicted octanol–water partition coefficient (Wildman–Crippen LogP) is 4.27. The van der Waals surface area contributed by atoms with Crippen molar-refractivity contribution in [3.8, 4) is 0 Å². The number of rotatable bonds is 2. The van der Waals surface area contributed by atoms with Gasteiger partial charge in [-0.25, -0.2) is 4.79 Å². The van der Waals surface area contributed by atoms with Crippen LogP contribution in [0, 0.1) is 0 Å². The fraction of sp³-hybridized carbons (Fsp3) is 0.565. The van der Waals surface area contributed by atoms with E-state index in [0.29, 0.717) is 12.5 Å². The molecule has 1 N–H and O–H groups in total. The van der Waals surface area contributed by atoms with Crippen molar-refractivity contribution in [3.63, 3.8) is 0 Å². The fourth-order valence-corrected chi connectivity index (χ4v) is 4.62. The molecule has 156 valence electrons. The lowest BCUT2D eigenvalue weighted by Crippen LogP contribution is -2.50. The summed E-state index contributed by atoms with van der Waals surface area (Å²) in [5.74, 6) is 0.534. The molecule has 0 radical (unpaired) electrons. The summed E-state index contributed by atoms with van der Waals surface area (Å²) >= 11 is 0. The molecule has 3 heterocycles. The van der Waals surface area contributed by atoms with Crippen LogP contribution in [0.5, 0.6) is 0 Å². The summed E-state index contributed by atoms with van der Waals surface area (Å²) in [6.07, 6.45) is 5.22. The van der Waals surface area contributed by atoms with Gasteiger partial charge in [-0.1, -0.05) is 18.2 Å². The number of carbonyl (C=O) groups excluding carboxylic acids is 2. The molecule has 2 aliphatic heterocycles. The topological polar surface area (TPSA) is 65.6 Å². The highest BCUT2D eigenvalue weighted by Gasteiger charge is 2.39. The lowest BCUT2D eigenvalue weighted by Gasteiger charge is -2.36. The molecule has 1 aromatic heterocycles. The summed E-state index contributed by atoms with van der Waals surface area (Å²) in [6.45, 7) is 7.63. The van der Waals surface area contributed by atoms with Crippen molar-refractivity contribution in [2.75, 3.05) is 19.6 Å². The predicted molar refractivity (Wildman–Crippen MR) is 113 cm³/mol. The Morgan fingerprint density at radius 1 is 1.07 bits per heavy atom. The molecule has 1 atom stereocenters. The summed E-state index contributed by atoms with van der Waals surface area (Å²) in [5.41, 5.74) is 1.97. The normalized spacial score (nSPS) is 21.0. The van der Waals surface area contributed by atoms with E-state index >= 15 is 0 Å². The Balaban J connectivity index is 1.39. The first-order chi connectivity index (χ1) is 13.8. The first-order valence-corrected chi connectivity index (χ1v) is 10.7. The van der Waals surface area contributed by atoms with Crippen molar-refractivity contribution in [3.05, 3.63) is 36.0 Å². The molecule has 0 saturated carbocycles. The average Bonchev–Trinajstić information content (AvgIpc) is 3.33. The summed E-state index contributed by atoms with van der Waals surface area (Å²) in [4.78, 5) is 32.6. The molecule has 6 nitrogen and oxygen atoms in total. The van der Waals surface area contributed by atoms with E-state index in [1.54, 1.807) is 4.90 Å². The van der Waals surface area contributed by atoms with Crippen molar-refractivity contribution in [2.45, 2.75) is 64.0 Å². The zero-order valence-corrected chi connectivity index (χ0v) is 17.6. The van der Waals surface area contributed by atoms with Gasteiger partial charge in [-0.15, -0.1) is 0 Å². The van der Waals surface area contributed by atoms with Gasteiger partial charge in [-0.05, 0) is 64.0 Å². The molecular weight excluding hydrogens is 366 g/mol. The minimum Gasteiger partial charge on any atom is -0.444 e. The van der Waals surface area contributed by atoms with Crippen LogP contribution < -0.4 is 0 Å². The van der Waals surface area contributed by atoms with Crippen LogP contribution in [0.2, 0.25) is 0 Å². The zero-order chi connectivity index (χ0) is 20.6. The van der Waals surface area contributed by atoms with Crippen LogP contribution in [-0.2, 0) is 9.53 Å². The van der Waals surface area contributed by atoms with Crippen LogP contribution in [0.4, 0.5) is 4.79 Å². The lowest BCUT2D eigenvalue weighted by atomic mass is 9.89. The van der Waals surface area contributed by atoms with Crippen LogP contribution in [0.25, 0.3) is 10.9 Å². The van der Waals surface area contributed by atoms with Gasteiger partial charge >= 0.3 is 6.09 Å². The Morgan fingerprint density at radius 2 is 1.79 bits per heavy atom. The number of aromatic amines is 1. The second-order valence-electron chi connectivity index (χ2n) is 9.22. The molecule has 2 saturated heterocycles. The molecule has 1 aromatic carbocycles. The van der Waals surface area contributed by atoms with E-state index in [0.717, 1.165) is 38.8 Å². The number of nitrogens with one attached hydrogen (secondary N) is 1. The highest BCUT2D eigenvalue weighted by Crippen LogP contribution is 2.34. The van der Waals surface area contributed by atoms with Gasteiger partial charge in [0.1, 0.15) is 11.6 Å². The van der Waals surface area contributed by atoms with Crippen LogP contribution in [0.15, 0.2) is 30.5 Å². The van der Waals surface area contributed by atoms with Crippen LogP contribution in [0.3, 0.4) is 0 Å². The van der Waals surface area contributed by atoms with Crippen molar-refractivity contribution >= 4 is 22.9 Å². The maximum atomic E-state index is 13.2. The number of aromatic nitrogens is 1. The third kappa shape index (κ3) is 4.11. The van der Waals surface area contributed by atoms with Crippen molar-refractivity contribution in [1.82, 2.24) is 14.8 Å². The number of amides is 2. The quantitative estimate of drug-likeness (QED) is 0.823. The number of piperidine rings is 1. The molecule has 2 aromatic rings. The van der Waals surface area contributed by atoms with E-state index in [9.17, 15) is 9.59 Å². The maximum absolute atomic E-state index is 13.2. The molecule has 6 heteroatoms. The Labute approximate surface area is 172 Å². The van der Waals surface area contributed by atoms with Crippen LogP contribution in [0.1, 0.15) is 57.9 Å². The molecule has 0 unspecified atom stereocenters. The van der Waals surface area contributed by atoms with E-state index in [4.69, 9.17) is 4.74 Å². The summed E-state index contributed by atoms with van der Waals surface area (Å²) < 4.78 is 5.51. The third-order valence-electron chi connectivity index (χ3n) is 6.03. The smallest absolute Gasteiger partial charge is 0.410 e. The summed E-state index contributed by atoms with van der Waals surface area (Å²) in [7, 11) is 0. The second kappa shape index (κ2) is 7.73. The molecule has 0 bridgehead atoms. The van der Waals surface area contributed by atoms with Gasteiger partial charge in [0.15, 0.2) is 0 Å². The number of nitrogens with zero attached hydrogens (tertiary/aromatic N) is 2. The molecule has 2 fully saturated rings. The molecular formula is C23H31N3O3. The van der Waals surface area contributed by atoms with Crippen LogP contribution >= 0.6 is 0 Å². The number of ether oxygens (including phenoxy) is 1. The third-order valence-corrected chi connectivity index (χ3v) is 6.03. The van der Waals surface area contributed by atoms with Crippen molar-refractivity contribution in [1.29, 1.82) is 0 Å². The van der Waals surface area contributed by atoms with E-state index < -0.39 is 5.60 Å². The minimum absolute atomic E-state index is 0.0748. The first-order valence-electron chi connectivity index (χ1n) is 10.7. The molecule has 29 heavy (non-hydrogen) atoms. The van der Waals surface area contributed by atoms with E-state index in [2.05, 4.69) is 29.4 Å². The summed E-state index contributed by atoms with van der Waals surface area (Å²) in [5, 5.41) is 1.28. The Kier molecular flexibility index (Phi) is 5.28. The van der Waals surface area contributed by atoms with Crippen molar-refractivity contribution < 1.29 is 14.3 Å². The molecule has 0 spiro atoms. The SMILES string of the molecule is CC(C)(C)OC(=O)N1CCC[C@H]1C(=O)N1CCC(c2c[nH]c3ccccc23)CC1. The van der Waals surface area contributed by atoms with Gasteiger partial charge < -0.3 is 14.6 Å². The van der Waals surface area contributed by atoms with E-state index in [1.165, 1.54) is 16.5 Å².